The van der Waals surface area contributed by atoms with Gasteiger partial charge in [-0.2, -0.15) is 0 Å². The second-order valence-electron chi connectivity index (χ2n) is 1.19. The molecule has 1 rings (SSSR count). The number of hydrogen-bond acceptors (Lipinski definition) is 5. The number of hydrogen-bond donors (Lipinski definition) is 2. The Labute approximate surface area is 53.9 Å². The predicted octanol–water partition coefficient (Wildman–Crippen LogP) is -1.26. The van der Waals surface area contributed by atoms with Gasteiger partial charge in [0, 0.05) is 11.5 Å². The summed E-state index contributed by atoms with van der Waals surface area (Å²) in [5, 5.41) is 6.10. The van der Waals surface area contributed by atoms with Crippen molar-refractivity contribution in [1.29, 1.82) is 0 Å². The second-order valence-corrected chi connectivity index (χ2v) is 3.74. The Morgan fingerprint density at radius 2 is 2.22 bits per heavy atom. The smallest absolute Gasteiger partial charge is 0.319 e. The summed E-state index contributed by atoms with van der Waals surface area (Å²) < 4.78 is 13.1. The molecule has 0 fully saturated rings. The third kappa shape index (κ3) is 1.52. The molecule has 8 heteroatoms. The van der Waals surface area contributed by atoms with Crippen molar-refractivity contribution >= 4 is 23.9 Å². The molecule has 0 saturated heterocycles. The molecule has 1 heterocycles. The molecule has 9 heavy (non-hydrogen) atoms. The fraction of sp³-hybridized carbons (Fsp3) is 0. The minimum atomic E-state index is -4.19. The van der Waals surface area contributed by atoms with Crippen LogP contribution >= 0.6 is 19.1 Å². The Hall–Kier alpha value is -0.360. The van der Waals surface area contributed by atoms with Crippen LogP contribution < -0.4 is 4.75 Å². The summed E-state index contributed by atoms with van der Waals surface area (Å²) in [6.07, 6.45) is 0. The molecule has 0 aliphatic rings. The van der Waals surface area contributed by atoms with E-state index in [2.05, 4.69) is 14.8 Å². The Morgan fingerprint density at radius 1 is 1.56 bits per heavy atom. The van der Waals surface area contributed by atoms with Crippen molar-refractivity contribution in [3.05, 3.63) is 0 Å². The normalized spacial score (nSPS) is 11.8. The average molecular weight is 167 g/mol. The van der Waals surface area contributed by atoms with Crippen LogP contribution in [0.5, 0.6) is 0 Å². The molecule has 0 spiro atoms. The van der Waals surface area contributed by atoms with E-state index in [-0.39, 0.29) is 4.75 Å². The Morgan fingerprint density at radius 3 is 2.44 bits per heavy atom. The SMILES string of the molecule is O=P(O)(O)c1nnns1. The molecule has 0 atom stereocenters. The Kier molecular flexibility index (Phi) is 1.58. The summed E-state index contributed by atoms with van der Waals surface area (Å²) >= 11 is 0.595. The van der Waals surface area contributed by atoms with Crippen molar-refractivity contribution in [2.45, 2.75) is 0 Å². The Balaban J connectivity index is 3.04. The van der Waals surface area contributed by atoms with Gasteiger partial charge < -0.3 is 9.79 Å². The van der Waals surface area contributed by atoms with Crippen LogP contribution in [0.25, 0.3) is 0 Å². The molecule has 0 amide bonds. The highest BCUT2D eigenvalue weighted by Gasteiger charge is 2.21. The molecule has 1 aromatic rings. The lowest BCUT2D eigenvalue weighted by molar-refractivity contribution is 0.387. The van der Waals surface area contributed by atoms with Gasteiger partial charge in [-0.3, -0.25) is 4.57 Å². The van der Waals surface area contributed by atoms with Crippen molar-refractivity contribution in [3.8, 4) is 0 Å². The van der Waals surface area contributed by atoms with E-state index in [0.717, 1.165) is 0 Å². The van der Waals surface area contributed by atoms with E-state index >= 15 is 0 Å². The maximum absolute atomic E-state index is 10.3. The lowest BCUT2D eigenvalue weighted by Crippen LogP contribution is -2.01. The quantitative estimate of drug-likeness (QED) is 0.506. The van der Waals surface area contributed by atoms with Crippen LogP contribution in [0.1, 0.15) is 0 Å². The van der Waals surface area contributed by atoms with Crippen LogP contribution in [0.3, 0.4) is 0 Å². The first-order valence-electron chi connectivity index (χ1n) is 1.82. The van der Waals surface area contributed by atoms with Gasteiger partial charge in [0.2, 0.25) is 4.75 Å². The van der Waals surface area contributed by atoms with Crippen LogP contribution in [0.4, 0.5) is 0 Å². The topological polar surface area (TPSA) is 96.2 Å². The number of rotatable bonds is 1. The van der Waals surface area contributed by atoms with Gasteiger partial charge >= 0.3 is 7.60 Å². The molecule has 0 aromatic carbocycles. The average Bonchev–Trinajstić information content (AvgIpc) is 2.08. The minimum absolute atomic E-state index is 0.345. The summed E-state index contributed by atoms with van der Waals surface area (Å²) in [4.78, 5) is 16.7. The molecule has 2 N–H and O–H groups in total. The van der Waals surface area contributed by atoms with Gasteiger partial charge in [-0.25, -0.2) is 0 Å². The Bertz CT molecular complexity index is 227. The highest BCUT2D eigenvalue weighted by Crippen LogP contribution is 2.32. The summed E-state index contributed by atoms with van der Waals surface area (Å²) in [5.74, 6) is 0. The summed E-state index contributed by atoms with van der Waals surface area (Å²) in [6, 6.07) is 0. The second kappa shape index (κ2) is 2.11. The van der Waals surface area contributed by atoms with E-state index in [0.29, 0.717) is 11.5 Å². The lowest BCUT2D eigenvalue weighted by Gasteiger charge is -1.91. The molecule has 0 unspecified atom stereocenters. The van der Waals surface area contributed by atoms with Gasteiger partial charge in [0.25, 0.3) is 0 Å². The van der Waals surface area contributed by atoms with E-state index < -0.39 is 7.60 Å². The van der Waals surface area contributed by atoms with E-state index in [1.807, 2.05) is 0 Å². The zero-order valence-corrected chi connectivity index (χ0v) is 5.71. The van der Waals surface area contributed by atoms with Gasteiger partial charge in [-0.1, -0.05) is 4.49 Å². The van der Waals surface area contributed by atoms with Crippen molar-refractivity contribution in [2.75, 3.05) is 0 Å². The monoisotopic (exact) mass is 167 g/mol. The van der Waals surface area contributed by atoms with E-state index in [4.69, 9.17) is 9.79 Å². The molecular formula is CH2N3O3PS. The number of nitrogens with zero attached hydrogens (tertiary/aromatic N) is 3. The summed E-state index contributed by atoms with van der Waals surface area (Å²) in [7, 11) is -4.19. The maximum Gasteiger partial charge on any atom is 0.388 e. The third-order valence-corrected chi connectivity index (χ3v) is 2.48. The van der Waals surface area contributed by atoms with Crippen LogP contribution in [0.2, 0.25) is 0 Å². The van der Waals surface area contributed by atoms with Crippen LogP contribution in [0, 0.1) is 0 Å². The standard InChI is InChI=1S/CH2N3O3PS/c5-8(6,7)1-2-3-4-9-1/h(H2,5,6,7). The van der Waals surface area contributed by atoms with Gasteiger partial charge in [0.05, 0.1) is 0 Å². The molecule has 1 aromatic heterocycles. The highest BCUT2D eigenvalue weighted by molar-refractivity contribution is 7.66. The lowest BCUT2D eigenvalue weighted by atomic mass is 11.6. The summed E-state index contributed by atoms with van der Waals surface area (Å²) in [6.45, 7) is 0. The molecule has 0 saturated carbocycles. The first kappa shape index (κ1) is 6.76. The van der Waals surface area contributed by atoms with Crippen molar-refractivity contribution in [1.82, 2.24) is 14.8 Å². The zero-order valence-electron chi connectivity index (χ0n) is 4.00. The predicted molar refractivity (Wildman–Crippen MR) is 29.4 cm³/mol. The van der Waals surface area contributed by atoms with E-state index in [1.165, 1.54) is 0 Å². The van der Waals surface area contributed by atoms with Crippen LogP contribution in [-0.4, -0.2) is 24.6 Å². The molecular weight excluding hydrogens is 165 g/mol. The summed E-state index contributed by atoms with van der Waals surface area (Å²) in [5.41, 5.74) is 0. The molecule has 0 radical (unpaired) electrons. The molecule has 50 valence electrons. The fourth-order valence-corrected chi connectivity index (χ4v) is 1.15. The zero-order chi connectivity index (χ0) is 6.91. The third-order valence-electron chi connectivity index (χ3n) is 0.538. The van der Waals surface area contributed by atoms with Crippen molar-refractivity contribution in [2.24, 2.45) is 0 Å². The maximum atomic E-state index is 10.3. The van der Waals surface area contributed by atoms with E-state index in [1.54, 1.807) is 0 Å². The van der Waals surface area contributed by atoms with Gasteiger partial charge in [-0.15, -0.1) is 5.10 Å². The largest absolute Gasteiger partial charge is 0.388 e. The van der Waals surface area contributed by atoms with Crippen molar-refractivity contribution < 1.29 is 14.4 Å². The van der Waals surface area contributed by atoms with Crippen LogP contribution in [0.15, 0.2) is 0 Å². The molecule has 0 bridgehead atoms. The van der Waals surface area contributed by atoms with Gasteiger partial charge in [-0.05, 0) is 5.21 Å². The molecule has 0 aliphatic heterocycles. The van der Waals surface area contributed by atoms with Gasteiger partial charge in [0.15, 0.2) is 0 Å². The minimum Gasteiger partial charge on any atom is -0.319 e. The first-order valence-corrected chi connectivity index (χ1v) is 4.20. The molecule has 6 nitrogen and oxygen atoms in total. The first-order chi connectivity index (χ1) is 4.11. The highest BCUT2D eigenvalue weighted by atomic mass is 32.1. The fourth-order valence-electron chi connectivity index (χ4n) is 0.241. The van der Waals surface area contributed by atoms with Gasteiger partial charge in [0.1, 0.15) is 0 Å². The van der Waals surface area contributed by atoms with E-state index in [9.17, 15) is 4.57 Å². The van der Waals surface area contributed by atoms with Crippen molar-refractivity contribution in [3.63, 3.8) is 0 Å². The number of aromatic nitrogens is 3. The van der Waals surface area contributed by atoms with Crippen LogP contribution in [-0.2, 0) is 4.57 Å². The molecule has 0 aliphatic carbocycles.